The van der Waals surface area contributed by atoms with Crippen LogP contribution in [0.15, 0.2) is 54.6 Å². The molecule has 0 radical (unpaired) electrons. The van der Waals surface area contributed by atoms with Crippen LogP contribution < -0.4 is 9.47 Å². The van der Waals surface area contributed by atoms with Crippen LogP contribution in [0.5, 0.6) is 11.5 Å². The largest absolute Gasteiger partial charge is 0.497 e. The summed E-state index contributed by atoms with van der Waals surface area (Å²) in [5.74, 6) is -0.764. The fourth-order valence-corrected chi connectivity index (χ4v) is 3.57. The van der Waals surface area contributed by atoms with E-state index < -0.39 is 11.9 Å². The summed E-state index contributed by atoms with van der Waals surface area (Å²) in [5.41, 5.74) is 3.55. The van der Waals surface area contributed by atoms with Crippen molar-refractivity contribution in [1.29, 1.82) is 0 Å². The first-order chi connectivity index (χ1) is 14.8. The molecule has 2 aromatic rings. The van der Waals surface area contributed by atoms with Crippen molar-refractivity contribution >= 4 is 23.5 Å². The molecule has 0 amide bonds. The number of aliphatic carboxylic acids is 2. The van der Waals surface area contributed by atoms with Gasteiger partial charge in [-0.3, -0.25) is 0 Å². The van der Waals surface area contributed by atoms with E-state index in [-0.39, 0.29) is 5.38 Å². The van der Waals surface area contributed by atoms with Gasteiger partial charge in [-0.2, -0.15) is 0 Å². The lowest BCUT2D eigenvalue weighted by molar-refractivity contribution is -0.134. The maximum absolute atomic E-state index is 9.55. The third kappa shape index (κ3) is 7.96. The second-order valence-corrected chi connectivity index (χ2v) is 7.48. The number of carboxylic acid groups (broad SMARTS) is 2. The van der Waals surface area contributed by atoms with Crippen LogP contribution in [-0.4, -0.2) is 54.3 Å². The average molecular weight is 448 g/mol. The molecule has 0 saturated heterocycles. The van der Waals surface area contributed by atoms with Crippen LogP contribution in [0.2, 0.25) is 0 Å². The Hall–Kier alpha value is -3.03. The van der Waals surface area contributed by atoms with E-state index in [4.69, 9.17) is 31.3 Å². The number of rotatable bonds is 6. The molecular formula is C23H26ClNO6. The summed E-state index contributed by atoms with van der Waals surface area (Å²) in [6.07, 6.45) is 2.12. The van der Waals surface area contributed by atoms with Crippen molar-refractivity contribution in [2.75, 3.05) is 27.2 Å². The average Bonchev–Trinajstić information content (AvgIpc) is 2.89. The molecule has 0 fully saturated rings. The standard InChI is InChI=1S/C19H22ClNO2.C4H4O4/c1-21-11-10-15-4-3-5-18(19(15)17(20)12-21)23-13-14-6-8-16(22-2)9-7-14;5-3(6)1-2-4(7)8/h3-9,17H,10-13H2,1-2H3;1-2H,(H,5,6)(H,7,8). The lowest BCUT2D eigenvalue weighted by Gasteiger charge is -2.18. The van der Waals surface area contributed by atoms with Gasteiger partial charge in [0.1, 0.15) is 18.1 Å². The first kappa shape index (κ1) is 24.2. The second kappa shape index (κ2) is 12.0. The van der Waals surface area contributed by atoms with Crippen LogP contribution in [0.1, 0.15) is 22.1 Å². The zero-order valence-electron chi connectivity index (χ0n) is 17.5. The molecule has 1 aliphatic heterocycles. The number of likely N-dealkylation sites (N-methyl/N-ethyl adjacent to an activating group) is 1. The second-order valence-electron chi connectivity index (χ2n) is 6.96. The Morgan fingerprint density at radius 2 is 1.77 bits per heavy atom. The summed E-state index contributed by atoms with van der Waals surface area (Å²) >= 11 is 6.63. The summed E-state index contributed by atoms with van der Waals surface area (Å²) in [7, 11) is 3.78. The van der Waals surface area contributed by atoms with Crippen LogP contribution in [-0.2, 0) is 22.6 Å². The molecule has 1 atom stereocenters. The summed E-state index contributed by atoms with van der Waals surface area (Å²) in [6, 6.07) is 14.2. The highest BCUT2D eigenvalue weighted by molar-refractivity contribution is 6.21. The molecule has 8 heteroatoms. The number of ether oxygens (including phenoxy) is 2. The van der Waals surface area contributed by atoms with Gasteiger partial charge in [-0.15, -0.1) is 11.6 Å². The van der Waals surface area contributed by atoms with E-state index in [1.54, 1.807) is 7.11 Å². The Bertz CT molecular complexity index is 897. The molecule has 0 aliphatic carbocycles. The number of hydrogen-bond acceptors (Lipinski definition) is 5. The quantitative estimate of drug-likeness (QED) is 0.514. The molecule has 1 heterocycles. The minimum atomic E-state index is -1.26. The van der Waals surface area contributed by atoms with Crippen LogP contribution in [0, 0.1) is 0 Å². The molecule has 7 nitrogen and oxygen atoms in total. The number of carbonyl (C=O) groups is 2. The summed E-state index contributed by atoms with van der Waals surface area (Å²) in [5, 5.41) is 15.6. The van der Waals surface area contributed by atoms with Gasteiger partial charge in [0, 0.05) is 30.8 Å². The molecule has 1 aliphatic rings. The molecule has 0 bridgehead atoms. The first-order valence-electron chi connectivity index (χ1n) is 9.64. The van der Waals surface area contributed by atoms with Crippen molar-refractivity contribution in [3.63, 3.8) is 0 Å². The zero-order valence-corrected chi connectivity index (χ0v) is 18.2. The first-order valence-corrected chi connectivity index (χ1v) is 10.1. The third-order valence-electron chi connectivity index (χ3n) is 4.63. The molecule has 0 spiro atoms. The Balaban J connectivity index is 0.000000366. The predicted molar refractivity (Wildman–Crippen MR) is 118 cm³/mol. The van der Waals surface area contributed by atoms with E-state index in [1.807, 2.05) is 30.3 Å². The van der Waals surface area contributed by atoms with Crippen molar-refractivity contribution in [1.82, 2.24) is 4.90 Å². The van der Waals surface area contributed by atoms with Crippen LogP contribution >= 0.6 is 11.6 Å². The highest BCUT2D eigenvalue weighted by Crippen LogP contribution is 2.36. The summed E-state index contributed by atoms with van der Waals surface area (Å²) in [4.78, 5) is 21.4. The minimum absolute atomic E-state index is 0.0374. The number of halogens is 1. The Morgan fingerprint density at radius 3 is 2.35 bits per heavy atom. The van der Waals surface area contributed by atoms with Gasteiger partial charge in [0.15, 0.2) is 0 Å². The maximum atomic E-state index is 9.55. The van der Waals surface area contributed by atoms with E-state index in [2.05, 4.69) is 24.1 Å². The highest BCUT2D eigenvalue weighted by atomic mass is 35.5. The molecule has 166 valence electrons. The summed E-state index contributed by atoms with van der Waals surface area (Å²) in [6.45, 7) is 2.40. The Kier molecular flexibility index (Phi) is 9.37. The van der Waals surface area contributed by atoms with Crippen LogP contribution in [0.25, 0.3) is 0 Å². The van der Waals surface area contributed by atoms with Gasteiger partial charge >= 0.3 is 11.9 Å². The fourth-order valence-electron chi connectivity index (χ4n) is 3.08. The molecule has 3 rings (SSSR count). The van der Waals surface area contributed by atoms with E-state index in [0.717, 1.165) is 42.1 Å². The van der Waals surface area contributed by atoms with E-state index in [0.29, 0.717) is 18.8 Å². The van der Waals surface area contributed by atoms with E-state index in [1.165, 1.54) is 5.56 Å². The molecule has 2 aromatic carbocycles. The lowest BCUT2D eigenvalue weighted by Crippen LogP contribution is -2.22. The van der Waals surface area contributed by atoms with Crippen LogP contribution in [0.3, 0.4) is 0 Å². The molecule has 2 N–H and O–H groups in total. The molecule has 31 heavy (non-hydrogen) atoms. The van der Waals surface area contributed by atoms with Gasteiger partial charge in [0.2, 0.25) is 0 Å². The molecule has 1 unspecified atom stereocenters. The van der Waals surface area contributed by atoms with Crippen molar-refractivity contribution in [3.05, 3.63) is 71.3 Å². The predicted octanol–water partition coefficient (Wildman–Crippen LogP) is 3.75. The number of carboxylic acids is 2. The third-order valence-corrected chi connectivity index (χ3v) is 4.98. The van der Waals surface area contributed by atoms with Gasteiger partial charge in [-0.05, 0) is 42.8 Å². The minimum Gasteiger partial charge on any atom is -0.497 e. The highest BCUT2D eigenvalue weighted by Gasteiger charge is 2.23. The number of alkyl halides is 1. The van der Waals surface area contributed by atoms with Crippen molar-refractivity contribution < 1.29 is 29.3 Å². The molecular weight excluding hydrogens is 422 g/mol. The number of benzene rings is 2. The fraction of sp³-hybridized carbons (Fsp3) is 0.304. The Labute approximate surface area is 186 Å². The van der Waals surface area contributed by atoms with Gasteiger partial charge in [-0.1, -0.05) is 24.3 Å². The topological polar surface area (TPSA) is 96.3 Å². The van der Waals surface area contributed by atoms with Gasteiger partial charge in [-0.25, -0.2) is 9.59 Å². The monoisotopic (exact) mass is 447 g/mol. The zero-order chi connectivity index (χ0) is 22.8. The lowest BCUT2D eigenvalue weighted by atomic mass is 10.0. The van der Waals surface area contributed by atoms with Gasteiger partial charge in [0.25, 0.3) is 0 Å². The van der Waals surface area contributed by atoms with Crippen LogP contribution in [0.4, 0.5) is 0 Å². The normalized spacial score (nSPS) is 15.9. The van der Waals surface area contributed by atoms with E-state index in [9.17, 15) is 9.59 Å². The van der Waals surface area contributed by atoms with Crippen molar-refractivity contribution in [2.24, 2.45) is 0 Å². The van der Waals surface area contributed by atoms with Gasteiger partial charge in [0.05, 0.1) is 12.5 Å². The molecule has 0 aromatic heterocycles. The summed E-state index contributed by atoms with van der Waals surface area (Å²) < 4.78 is 11.3. The molecule has 0 saturated carbocycles. The number of fused-ring (bicyclic) bond motifs is 1. The van der Waals surface area contributed by atoms with E-state index >= 15 is 0 Å². The van der Waals surface area contributed by atoms with Crippen molar-refractivity contribution in [2.45, 2.75) is 18.4 Å². The smallest absolute Gasteiger partial charge is 0.328 e. The SMILES string of the molecule is COc1ccc(COc2cccc3c2C(Cl)CN(C)CC3)cc1.O=C(O)C=CC(=O)O. The van der Waals surface area contributed by atoms with Crippen molar-refractivity contribution in [3.8, 4) is 11.5 Å². The number of hydrogen-bond donors (Lipinski definition) is 2. The maximum Gasteiger partial charge on any atom is 0.328 e. The number of nitrogens with zero attached hydrogens (tertiary/aromatic N) is 1. The number of methoxy groups -OCH3 is 1. The Morgan fingerprint density at radius 1 is 1.13 bits per heavy atom. The van der Waals surface area contributed by atoms with Gasteiger partial charge < -0.3 is 24.6 Å².